The van der Waals surface area contributed by atoms with Gasteiger partial charge in [0.1, 0.15) is 0 Å². The molecule has 5 nitrogen and oxygen atoms in total. The van der Waals surface area contributed by atoms with Crippen molar-refractivity contribution < 1.29 is 13.2 Å². The van der Waals surface area contributed by atoms with Crippen LogP contribution in [0.25, 0.3) is 6.08 Å². The molecule has 1 amide bonds. The minimum absolute atomic E-state index is 0.166. The van der Waals surface area contributed by atoms with Gasteiger partial charge in [-0.25, -0.2) is 8.42 Å². The van der Waals surface area contributed by atoms with E-state index in [2.05, 4.69) is 10.0 Å². The van der Waals surface area contributed by atoms with Gasteiger partial charge in [0.05, 0.1) is 10.6 Å². The number of sulfonamides is 1. The van der Waals surface area contributed by atoms with E-state index in [4.69, 9.17) is 11.6 Å². The van der Waals surface area contributed by atoms with Crippen LogP contribution >= 0.6 is 11.6 Å². The van der Waals surface area contributed by atoms with Crippen molar-refractivity contribution in [1.29, 1.82) is 0 Å². The zero-order chi connectivity index (χ0) is 20.9. The third kappa shape index (κ3) is 5.70. The van der Waals surface area contributed by atoms with Crippen LogP contribution in [0.2, 0.25) is 5.02 Å². The van der Waals surface area contributed by atoms with E-state index >= 15 is 0 Å². The maximum Gasteiger partial charge on any atom is 0.261 e. The van der Waals surface area contributed by atoms with E-state index in [1.807, 2.05) is 0 Å². The molecule has 0 atom stereocenters. The Morgan fingerprint density at radius 3 is 2.34 bits per heavy atom. The lowest BCUT2D eigenvalue weighted by Crippen LogP contribution is -2.14. The second-order valence-corrected chi connectivity index (χ2v) is 8.44. The highest BCUT2D eigenvalue weighted by Crippen LogP contribution is 2.23. The highest BCUT2D eigenvalue weighted by Gasteiger charge is 2.15. The molecule has 148 valence electrons. The third-order valence-electron chi connectivity index (χ3n) is 4.10. The monoisotopic (exact) mass is 426 g/mol. The summed E-state index contributed by atoms with van der Waals surface area (Å²) in [5.41, 5.74) is 2.45. The number of benzene rings is 3. The van der Waals surface area contributed by atoms with Crippen LogP contribution in [0, 0.1) is 6.92 Å². The SMILES string of the molecule is Cc1ccc(NC(=O)/C=C/c2ccc(Cl)cc2)cc1NS(=O)(=O)c1ccccc1. The molecule has 0 bridgehead atoms. The van der Waals surface area contributed by atoms with E-state index in [0.29, 0.717) is 16.4 Å². The molecule has 29 heavy (non-hydrogen) atoms. The number of halogens is 1. The molecule has 0 aliphatic heterocycles. The summed E-state index contributed by atoms with van der Waals surface area (Å²) < 4.78 is 27.7. The van der Waals surface area contributed by atoms with Gasteiger partial charge in [0.2, 0.25) is 5.91 Å². The maximum absolute atomic E-state index is 12.6. The second kappa shape index (κ2) is 8.94. The van der Waals surface area contributed by atoms with Crippen molar-refractivity contribution >= 4 is 45.0 Å². The molecule has 3 rings (SSSR count). The fraction of sp³-hybridized carbons (Fsp3) is 0.0455. The Labute approximate surface area is 175 Å². The van der Waals surface area contributed by atoms with Crippen molar-refractivity contribution in [1.82, 2.24) is 0 Å². The molecular weight excluding hydrogens is 408 g/mol. The predicted molar refractivity (Wildman–Crippen MR) is 118 cm³/mol. The van der Waals surface area contributed by atoms with Crippen molar-refractivity contribution in [2.24, 2.45) is 0 Å². The van der Waals surface area contributed by atoms with Crippen LogP contribution in [0.3, 0.4) is 0 Å². The van der Waals surface area contributed by atoms with Crippen molar-refractivity contribution in [3.8, 4) is 0 Å². The molecule has 3 aromatic rings. The van der Waals surface area contributed by atoms with E-state index in [9.17, 15) is 13.2 Å². The highest BCUT2D eigenvalue weighted by atomic mass is 35.5. The standard InChI is InChI=1S/C22H19ClN2O3S/c1-16-7-13-19(24-22(26)14-10-17-8-11-18(23)12-9-17)15-21(16)25-29(27,28)20-5-3-2-4-6-20/h2-15,25H,1H3,(H,24,26)/b14-10+. The first-order chi connectivity index (χ1) is 13.8. The largest absolute Gasteiger partial charge is 0.322 e. The van der Waals surface area contributed by atoms with Crippen LogP contribution in [0.1, 0.15) is 11.1 Å². The van der Waals surface area contributed by atoms with Gasteiger partial charge in [-0.2, -0.15) is 0 Å². The van der Waals surface area contributed by atoms with Crippen molar-refractivity contribution in [3.63, 3.8) is 0 Å². The summed E-state index contributed by atoms with van der Waals surface area (Å²) in [7, 11) is -3.72. The van der Waals surface area contributed by atoms with Crippen LogP contribution in [-0.4, -0.2) is 14.3 Å². The highest BCUT2D eigenvalue weighted by molar-refractivity contribution is 7.92. The first kappa shape index (κ1) is 20.6. The van der Waals surface area contributed by atoms with Gasteiger partial charge < -0.3 is 5.32 Å². The zero-order valence-corrected chi connectivity index (χ0v) is 17.2. The predicted octanol–water partition coefficient (Wildman–Crippen LogP) is 5.10. The molecule has 0 radical (unpaired) electrons. The molecule has 0 saturated heterocycles. The molecule has 7 heteroatoms. The minimum Gasteiger partial charge on any atom is -0.322 e. The maximum atomic E-state index is 12.6. The Balaban J connectivity index is 1.73. The molecule has 0 spiro atoms. The minimum atomic E-state index is -3.72. The number of carbonyl (C=O) groups is 1. The number of rotatable bonds is 6. The van der Waals surface area contributed by atoms with Crippen molar-refractivity contribution in [3.05, 3.63) is 95.0 Å². The molecule has 0 aliphatic rings. The Kier molecular flexibility index (Phi) is 6.36. The average molecular weight is 427 g/mol. The van der Waals surface area contributed by atoms with Gasteiger partial charge in [0, 0.05) is 16.8 Å². The van der Waals surface area contributed by atoms with Gasteiger partial charge >= 0.3 is 0 Å². The van der Waals surface area contributed by atoms with Crippen LogP contribution in [-0.2, 0) is 14.8 Å². The summed E-state index contributed by atoms with van der Waals surface area (Å²) in [4.78, 5) is 12.4. The van der Waals surface area contributed by atoms with Crippen LogP contribution in [0.15, 0.2) is 83.8 Å². The van der Waals surface area contributed by atoms with E-state index in [0.717, 1.165) is 11.1 Å². The Morgan fingerprint density at radius 2 is 1.66 bits per heavy atom. The van der Waals surface area contributed by atoms with Gasteiger partial charge in [0.25, 0.3) is 10.0 Å². The van der Waals surface area contributed by atoms with Gasteiger partial charge in [-0.3, -0.25) is 9.52 Å². The number of hydrogen-bond acceptors (Lipinski definition) is 3. The summed E-state index contributed by atoms with van der Waals surface area (Å²) in [5.74, 6) is -0.333. The Bertz CT molecular complexity index is 1140. The topological polar surface area (TPSA) is 75.3 Å². The Hall–Kier alpha value is -3.09. The van der Waals surface area contributed by atoms with Gasteiger partial charge in [-0.15, -0.1) is 0 Å². The number of nitrogens with one attached hydrogen (secondary N) is 2. The number of carbonyl (C=O) groups excluding carboxylic acids is 1. The number of hydrogen-bond donors (Lipinski definition) is 2. The second-order valence-electron chi connectivity index (χ2n) is 6.32. The van der Waals surface area contributed by atoms with Crippen LogP contribution in [0.5, 0.6) is 0 Å². The van der Waals surface area contributed by atoms with E-state index in [-0.39, 0.29) is 10.8 Å². The van der Waals surface area contributed by atoms with Crippen LogP contribution < -0.4 is 10.0 Å². The Morgan fingerprint density at radius 1 is 0.966 bits per heavy atom. The van der Waals surface area contributed by atoms with Gasteiger partial charge in [0.15, 0.2) is 0 Å². The molecule has 3 aromatic carbocycles. The molecule has 2 N–H and O–H groups in total. The first-order valence-electron chi connectivity index (χ1n) is 8.77. The molecule has 0 heterocycles. The summed E-state index contributed by atoms with van der Waals surface area (Å²) in [6, 6.07) is 20.2. The number of anilines is 2. The van der Waals surface area contributed by atoms with E-state index < -0.39 is 10.0 Å². The molecule has 0 aromatic heterocycles. The summed E-state index contributed by atoms with van der Waals surface area (Å²) in [5, 5.41) is 3.35. The fourth-order valence-electron chi connectivity index (χ4n) is 2.54. The third-order valence-corrected chi connectivity index (χ3v) is 5.73. The smallest absolute Gasteiger partial charge is 0.261 e. The lowest BCUT2D eigenvalue weighted by Gasteiger charge is -2.12. The molecular formula is C22H19ClN2O3S. The van der Waals surface area contributed by atoms with E-state index in [1.165, 1.54) is 18.2 Å². The van der Waals surface area contributed by atoms with Crippen molar-refractivity contribution in [2.45, 2.75) is 11.8 Å². The normalized spacial score (nSPS) is 11.4. The molecule has 0 fully saturated rings. The lowest BCUT2D eigenvalue weighted by atomic mass is 10.2. The summed E-state index contributed by atoms with van der Waals surface area (Å²) >= 11 is 5.84. The first-order valence-corrected chi connectivity index (χ1v) is 10.6. The molecule has 0 saturated carbocycles. The fourth-order valence-corrected chi connectivity index (χ4v) is 3.81. The summed E-state index contributed by atoms with van der Waals surface area (Å²) in [6.45, 7) is 1.79. The zero-order valence-electron chi connectivity index (χ0n) is 15.6. The summed E-state index contributed by atoms with van der Waals surface area (Å²) in [6.07, 6.45) is 3.07. The molecule has 0 aliphatic carbocycles. The lowest BCUT2D eigenvalue weighted by molar-refractivity contribution is -0.111. The van der Waals surface area contributed by atoms with Crippen LogP contribution in [0.4, 0.5) is 11.4 Å². The van der Waals surface area contributed by atoms with Crippen molar-refractivity contribution in [2.75, 3.05) is 10.0 Å². The van der Waals surface area contributed by atoms with Gasteiger partial charge in [-0.05, 0) is 60.5 Å². The van der Waals surface area contributed by atoms with Gasteiger partial charge in [-0.1, -0.05) is 48.0 Å². The molecule has 0 unspecified atom stereocenters. The number of aryl methyl sites for hydroxylation is 1. The number of amides is 1. The average Bonchev–Trinajstić information content (AvgIpc) is 2.70. The quantitative estimate of drug-likeness (QED) is 0.538. The van der Waals surface area contributed by atoms with E-state index in [1.54, 1.807) is 73.7 Å².